The van der Waals surface area contributed by atoms with Crippen LogP contribution in [0, 0.1) is 0 Å². The Morgan fingerprint density at radius 1 is 1.45 bits per heavy atom. The zero-order valence-corrected chi connectivity index (χ0v) is 12.2. The molecular weight excluding hydrogens is 284 g/mol. The maximum atomic E-state index is 12.4. The second kappa shape index (κ2) is 5.59. The number of pyridine rings is 1. The molecule has 0 aliphatic carbocycles. The first-order valence-corrected chi connectivity index (χ1v) is 7.14. The van der Waals surface area contributed by atoms with Crippen molar-refractivity contribution in [2.75, 3.05) is 6.54 Å². The lowest BCUT2D eigenvalue weighted by Crippen LogP contribution is -2.45. The topological polar surface area (TPSA) is 83.8 Å². The third-order valence-electron chi connectivity index (χ3n) is 3.73. The van der Waals surface area contributed by atoms with Crippen molar-refractivity contribution in [1.82, 2.24) is 19.6 Å². The van der Waals surface area contributed by atoms with Crippen LogP contribution >= 0.6 is 0 Å². The van der Waals surface area contributed by atoms with Gasteiger partial charge in [0.15, 0.2) is 0 Å². The molecule has 1 aliphatic heterocycles. The van der Waals surface area contributed by atoms with Crippen molar-refractivity contribution < 1.29 is 14.4 Å². The van der Waals surface area contributed by atoms with Crippen LogP contribution in [0.1, 0.15) is 19.0 Å². The quantitative estimate of drug-likeness (QED) is 0.814. The summed E-state index contributed by atoms with van der Waals surface area (Å²) in [7, 11) is 0. The predicted octanol–water partition coefficient (Wildman–Crippen LogP) is 0.140. The van der Waals surface area contributed by atoms with E-state index in [0.29, 0.717) is 12.2 Å². The van der Waals surface area contributed by atoms with Crippen molar-refractivity contribution in [3.8, 4) is 0 Å². The minimum atomic E-state index is -0.706. The van der Waals surface area contributed by atoms with E-state index in [-0.39, 0.29) is 24.7 Å². The number of rotatable bonds is 4. The van der Waals surface area contributed by atoms with E-state index in [9.17, 15) is 14.4 Å². The molecule has 7 nitrogen and oxygen atoms in total. The summed E-state index contributed by atoms with van der Waals surface area (Å²) in [5.74, 6) is -0.954. The molecule has 0 bridgehead atoms. The minimum Gasteiger partial charge on any atom is -0.330 e. The van der Waals surface area contributed by atoms with Gasteiger partial charge in [0.05, 0.1) is 18.5 Å². The van der Waals surface area contributed by atoms with Crippen LogP contribution in [0.15, 0.2) is 30.6 Å². The molecule has 1 saturated heterocycles. The van der Waals surface area contributed by atoms with Gasteiger partial charge >= 0.3 is 0 Å². The Morgan fingerprint density at radius 2 is 2.27 bits per heavy atom. The zero-order valence-electron chi connectivity index (χ0n) is 12.2. The maximum absolute atomic E-state index is 12.4. The number of imide groups is 1. The van der Waals surface area contributed by atoms with Gasteiger partial charge in [-0.3, -0.25) is 19.7 Å². The third-order valence-corrected chi connectivity index (χ3v) is 3.73. The second-order valence-electron chi connectivity index (χ2n) is 5.19. The van der Waals surface area contributed by atoms with Gasteiger partial charge in [-0.15, -0.1) is 0 Å². The number of likely N-dealkylation sites (N-methyl/N-ethyl adjacent to an activating group) is 1. The standard InChI is InChI=1S/C15H16N4O3/c1-2-19(11-8-13(20)17-15(11)22)14(21)7-10-9-18-6-4-3-5-12(18)16-10/h3-6,9,11H,2,7-8H2,1H3,(H,17,20,22). The molecule has 0 radical (unpaired) electrons. The fourth-order valence-corrected chi connectivity index (χ4v) is 2.69. The Hall–Kier alpha value is -2.70. The van der Waals surface area contributed by atoms with Crippen molar-refractivity contribution in [2.24, 2.45) is 0 Å². The monoisotopic (exact) mass is 300 g/mol. The normalized spacial score (nSPS) is 17.8. The predicted molar refractivity (Wildman–Crippen MR) is 77.8 cm³/mol. The van der Waals surface area contributed by atoms with Gasteiger partial charge < -0.3 is 9.30 Å². The van der Waals surface area contributed by atoms with Crippen molar-refractivity contribution in [3.63, 3.8) is 0 Å². The minimum absolute atomic E-state index is 0.0313. The summed E-state index contributed by atoms with van der Waals surface area (Å²) >= 11 is 0. The fourth-order valence-electron chi connectivity index (χ4n) is 2.69. The third kappa shape index (κ3) is 2.57. The molecule has 2 aromatic heterocycles. The Kier molecular flexibility index (Phi) is 3.62. The molecule has 22 heavy (non-hydrogen) atoms. The number of hydrogen-bond acceptors (Lipinski definition) is 4. The summed E-state index contributed by atoms with van der Waals surface area (Å²) in [6.45, 7) is 2.16. The lowest BCUT2D eigenvalue weighted by molar-refractivity contribution is -0.138. The number of amides is 3. The molecule has 1 atom stereocenters. The first-order valence-electron chi connectivity index (χ1n) is 7.14. The summed E-state index contributed by atoms with van der Waals surface area (Å²) in [5, 5.41) is 2.23. The van der Waals surface area contributed by atoms with Gasteiger partial charge in [0.2, 0.25) is 17.7 Å². The molecule has 3 amide bonds. The summed E-state index contributed by atoms with van der Waals surface area (Å²) in [6, 6.07) is 4.91. The van der Waals surface area contributed by atoms with E-state index in [2.05, 4.69) is 10.3 Å². The van der Waals surface area contributed by atoms with E-state index in [1.165, 1.54) is 4.90 Å². The molecule has 0 aromatic carbocycles. The average Bonchev–Trinajstić information content (AvgIpc) is 3.02. The second-order valence-corrected chi connectivity index (χ2v) is 5.19. The van der Waals surface area contributed by atoms with Gasteiger partial charge in [-0.25, -0.2) is 4.98 Å². The Morgan fingerprint density at radius 3 is 2.91 bits per heavy atom. The Bertz CT molecular complexity index is 719. The molecule has 2 aromatic rings. The molecule has 0 spiro atoms. The summed E-state index contributed by atoms with van der Waals surface area (Å²) in [5.41, 5.74) is 1.40. The Labute approximate surface area is 126 Å². The van der Waals surface area contributed by atoms with E-state index in [4.69, 9.17) is 0 Å². The highest BCUT2D eigenvalue weighted by Gasteiger charge is 2.37. The van der Waals surface area contributed by atoms with Crippen molar-refractivity contribution in [3.05, 3.63) is 36.3 Å². The molecule has 1 unspecified atom stereocenters. The number of hydrogen-bond donors (Lipinski definition) is 1. The van der Waals surface area contributed by atoms with Gasteiger partial charge in [0.25, 0.3) is 0 Å². The van der Waals surface area contributed by atoms with E-state index in [1.54, 1.807) is 13.1 Å². The largest absolute Gasteiger partial charge is 0.330 e. The van der Waals surface area contributed by atoms with Crippen LogP contribution in [0.5, 0.6) is 0 Å². The average molecular weight is 300 g/mol. The summed E-state index contributed by atoms with van der Waals surface area (Å²) in [4.78, 5) is 41.3. The molecule has 1 fully saturated rings. The molecule has 7 heteroatoms. The first kappa shape index (κ1) is 14.2. The van der Waals surface area contributed by atoms with Crippen LogP contribution < -0.4 is 5.32 Å². The summed E-state index contributed by atoms with van der Waals surface area (Å²) in [6.07, 6.45) is 3.79. The highest BCUT2D eigenvalue weighted by Crippen LogP contribution is 2.13. The lowest BCUT2D eigenvalue weighted by atomic mass is 10.2. The molecule has 1 aliphatic rings. The van der Waals surface area contributed by atoms with Gasteiger partial charge in [0.1, 0.15) is 11.7 Å². The van der Waals surface area contributed by atoms with Crippen LogP contribution in [-0.2, 0) is 20.8 Å². The number of imidazole rings is 1. The van der Waals surface area contributed by atoms with E-state index < -0.39 is 11.9 Å². The van der Waals surface area contributed by atoms with Crippen LogP contribution in [0.4, 0.5) is 0 Å². The summed E-state index contributed by atoms with van der Waals surface area (Å²) < 4.78 is 1.84. The van der Waals surface area contributed by atoms with E-state index in [0.717, 1.165) is 5.65 Å². The molecule has 1 N–H and O–H groups in total. The van der Waals surface area contributed by atoms with Gasteiger partial charge in [0, 0.05) is 18.9 Å². The van der Waals surface area contributed by atoms with Gasteiger partial charge in [-0.2, -0.15) is 0 Å². The molecular formula is C15H16N4O3. The van der Waals surface area contributed by atoms with E-state index in [1.807, 2.05) is 28.8 Å². The first-order chi connectivity index (χ1) is 10.6. The van der Waals surface area contributed by atoms with Crippen molar-refractivity contribution >= 4 is 23.4 Å². The van der Waals surface area contributed by atoms with Crippen molar-refractivity contribution in [2.45, 2.75) is 25.8 Å². The van der Waals surface area contributed by atoms with E-state index >= 15 is 0 Å². The smallest absolute Gasteiger partial charge is 0.249 e. The molecule has 0 saturated carbocycles. The van der Waals surface area contributed by atoms with Crippen LogP contribution in [0.3, 0.4) is 0 Å². The maximum Gasteiger partial charge on any atom is 0.249 e. The SMILES string of the molecule is CCN(C(=O)Cc1cn2ccccc2n1)C1CC(=O)NC1=O. The van der Waals surface area contributed by atoms with Gasteiger partial charge in [-0.05, 0) is 19.1 Å². The number of nitrogens with one attached hydrogen (secondary N) is 1. The zero-order chi connectivity index (χ0) is 15.7. The highest BCUT2D eigenvalue weighted by atomic mass is 16.2. The van der Waals surface area contributed by atoms with Gasteiger partial charge in [-0.1, -0.05) is 6.07 Å². The lowest BCUT2D eigenvalue weighted by Gasteiger charge is -2.24. The molecule has 3 rings (SSSR count). The number of fused-ring (bicyclic) bond motifs is 1. The number of aromatic nitrogens is 2. The number of carbonyl (C=O) groups excluding carboxylic acids is 3. The number of nitrogens with zero attached hydrogens (tertiary/aromatic N) is 3. The fraction of sp³-hybridized carbons (Fsp3) is 0.333. The highest BCUT2D eigenvalue weighted by molar-refractivity contribution is 6.06. The molecule has 3 heterocycles. The van der Waals surface area contributed by atoms with Crippen LogP contribution in [-0.4, -0.2) is 44.6 Å². The van der Waals surface area contributed by atoms with Crippen LogP contribution in [0.2, 0.25) is 0 Å². The molecule has 114 valence electrons. The Balaban J connectivity index is 1.77. The number of carbonyl (C=O) groups is 3. The van der Waals surface area contributed by atoms with Crippen LogP contribution in [0.25, 0.3) is 5.65 Å². The van der Waals surface area contributed by atoms with Crippen molar-refractivity contribution in [1.29, 1.82) is 0 Å².